The van der Waals surface area contributed by atoms with Gasteiger partial charge in [-0.15, -0.1) is 0 Å². The van der Waals surface area contributed by atoms with Crippen molar-refractivity contribution in [2.75, 3.05) is 0 Å². The van der Waals surface area contributed by atoms with E-state index in [1.54, 1.807) is 27.7 Å². The second kappa shape index (κ2) is 6.23. The molecule has 0 aliphatic carbocycles. The summed E-state index contributed by atoms with van der Waals surface area (Å²) in [4.78, 5) is 21.6. The van der Waals surface area contributed by atoms with Crippen LogP contribution in [0, 0.1) is 10.1 Å². The van der Waals surface area contributed by atoms with Crippen molar-refractivity contribution in [2.45, 2.75) is 39.9 Å². The van der Waals surface area contributed by atoms with Gasteiger partial charge in [-0.1, -0.05) is 0 Å². The third kappa shape index (κ3) is 3.84. The third-order valence-corrected chi connectivity index (χ3v) is 2.19. The van der Waals surface area contributed by atoms with Crippen molar-refractivity contribution < 1.29 is 24.3 Å². The van der Waals surface area contributed by atoms with Gasteiger partial charge in [0.25, 0.3) is 0 Å². The fourth-order valence-corrected chi connectivity index (χ4v) is 1.57. The van der Waals surface area contributed by atoms with Crippen LogP contribution in [-0.2, 0) is 0 Å². The van der Waals surface area contributed by atoms with Crippen molar-refractivity contribution in [3.8, 4) is 11.5 Å². The van der Waals surface area contributed by atoms with Crippen LogP contribution in [-0.4, -0.2) is 28.2 Å². The van der Waals surface area contributed by atoms with Crippen molar-refractivity contribution in [3.05, 3.63) is 27.8 Å². The van der Waals surface area contributed by atoms with Gasteiger partial charge < -0.3 is 14.6 Å². The van der Waals surface area contributed by atoms with E-state index in [2.05, 4.69) is 0 Å². The summed E-state index contributed by atoms with van der Waals surface area (Å²) in [6.07, 6.45) is -0.658. The van der Waals surface area contributed by atoms with Crippen LogP contribution in [0.5, 0.6) is 11.5 Å². The number of hydrogen-bond donors (Lipinski definition) is 1. The molecule has 1 N–H and O–H groups in total. The zero-order valence-corrected chi connectivity index (χ0v) is 11.7. The summed E-state index contributed by atoms with van der Waals surface area (Å²) < 4.78 is 10.7. The highest BCUT2D eigenvalue weighted by molar-refractivity contribution is 5.90. The van der Waals surface area contributed by atoms with Crippen molar-refractivity contribution in [1.82, 2.24) is 0 Å². The standard InChI is InChI=1S/C13H17NO6/c1-7(2)19-10-5-9(13(15)16)6-11(20-8(3)4)12(10)14(17)18/h5-8H,1-4H3,(H,15,16). The van der Waals surface area contributed by atoms with Gasteiger partial charge >= 0.3 is 11.7 Å². The molecule has 0 radical (unpaired) electrons. The summed E-state index contributed by atoms with van der Waals surface area (Å²) in [5.74, 6) is -1.43. The predicted molar refractivity (Wildman–Crippen MR) is 71.6 cm³/mol. The lowest BCUT2D eigenvalue weighted by Gasteiger charge is -2.15. The van der Waals surface area contributed by atoms with Gasteiger partial charge in [-0.2, -0.15) is 0 Å². The van der Waals surface area contributed by atoms with Crippen molar-refractivity contribution in [3.63, 3.8) is 0 Å². The number of nitrogens with zero attached hydrogens (tertiary/aromatic N) is 1. The van der Waals surface area contributed by atoms with Gasteiger partial charge in [-0.3, -0.25) is 10.1 Å². The van der Waals surface area contributed by atoms with Gasteiger partial charge in [0.1, 0.15) is 0 Å². The van der Waals surface area contributed by atoms with Crippen molar-refractivity contribution >= 4 is 11.7 Å². The molecule has 1 aromatic rings. The highest BCUT2D eigenvalue weighted by Gasteiger charge is 2.27. The Kier molecular flexibility index (Phi) is 4.90. The minimum absolute atomic E-state index is 0.111. The largest absolute Gasteiger partial charge is 0.484 e. The van der Waals surface area contributed by atoms with Crippen molar-refractivity contribution in [1.29, 1.82) is 0 Å². The average molecular weight is 283 g/mol. The molecule has 0 aromatic heterocycles. The Morgan fingerprint density at radius 3 is 1.80 bits per heavy atom. The predicted octanol–water partition coefficient (Wildman–Crippen LogP) is 2.87. The number of carboxylic acids is 1. The van der Waals surface area contributed by atoms with Crippen LogP contribution in [0.1, 0.15) is 38.1 Å². The van der Waals surface area contributed by atoms with E-state index in [9.17, 15) is 14.9 Å². The highest BCUT2D eigenvalue weighted by atomic mass is 16.6. The second-order valence-electron chi connectivity index (χ2n) is 4.72. The van der Waals surface area contributed by atoms with Gasteiger partial charge in [-0.05, 0) is 27.7 Å². The van der Waals surface area contributed by atoms with Crippen LogP contribution in [0.15, 0.2) is 12.1 Å². The van der Waals surface area contributed by atoms with Gasteiger partial charge in [0.2, 0.25) is 11.5 Å². The molecule has 0 fully saturated rings. The minimum Gasteiger partial charge on any atom is -0.484 e. The van der Waals surface area contributed by atoms with E-state index in [0.717, 1.165) is 12.1 Å². The maximum atomic E-state index is 11.2. The Hall–Kier alpha value is -2.31. The fourth-order valence-electron chi connectivity index (χ4n) is 1.57. The fraction of sp³-hybridized carbons (Fsp3) is 0.462. The molecule has 20 heavy (non-hydrogen) atoms. The zero-order chi connectivity index (χ0) is 15.4. The summed E-state index contributed by atoms with van der Waals surface area (Å²) in [5, 5.41) is 20.2. The SMILES string of the molecule is CC(C)Oc1cc(C(=O)O)cc(OC(C)C)c1[N+](=O)[O-]. The molecule has 1 rings (SSSR count). The molecule has 7 nitrogen and oxygen atoms in total. The van der Waals surface area contributed by atoms with E-state index >= 15 is 0 Å². The Bertz CT molecular complexity index is 493. The molecule has 7 heteroatoms. The molecule has 110 valence electrons. The molecule has 0 unspecified atom stereocenters. The number of nitro benzene ring substituents is 1. The second-order valence-corrected chi connectivity index (χ2v) is 4.72. The first-order valence-corrected chi connectivity index (χ1v) is 6.11. The van der Waals surface area contributed by atoms with Gasteiger partial charge in [0, 0.05) is 12.1 Å². The van der Waals surface area contributed by atoms with E-state index < -0.39 is 10.9 Å². The average Bonchev–Trinajstić information content (AvgIpc) is 2.25. The van der Waals surface area contributed by atoms with Crippen LogP contribution in [0.4, 0.5) is 5.69 Å². The normalized spacial score (nSPS) is 10.7. The molecule has 0 aliphatic rings. The number of carboxylic acid groups (broad SMARTS) is 1. The lowest BCUT2D eigenvalue weighted by Crippen LogP contribution is -2.12. The lowest BCUT2D eigenvalue weighted by molar-refractivity contribution is -0.387. The first-order chi connectivity index (χ1) is 9.22. The molecule has 0 saturated heterocycles. The third-order valence-electron chi connectivity index (χ3n) is 2.19. The number of carbonyl (C=O) groups is 1. The quantitative estimate of drug-likeness (QED) is 0.636. The number of rotatable bonds is 6. The lowest BCUT2D eigenvalue weighted by atomic mass is 10.1. The highest BCUT2D eigenvalue weighted by Crippen LogP contribution is 2.39. The Balaban J connectivity index is 3.48. The number of benzene rings is 1. The first kappa shape index (κ1) is 15.7. The van der Waals surface area contributed by atoms with E-state index in [1.807, 2.05) is 0 Å². The van der Waals surface area contributed by atoms with Crippen LogP contribution >= 0.6 is 0 Å². The van der Waals surface area contributed by atoms with Gasteiger partial charge in [0.15, 0.2) is 0 Å². The maximum absolute atomic E-state index is 11.2. The molecule has 0 amide bonds. The number of aromatic carboxylic acids is 1. The van der Waals surface area contributed by atoms with Crippen LogP contribution in [0.2, 0.25) is 0 Å². The van der Waals surface area contributed by atoms with E-state index in [1.165, 1.54) is 0 Å². The smallest absolute Gasteiger partial charge is 0.352 e. The summed E-state index contributed by atoms with van der Waals surface area (Å²) in [5.41, 5.74) is -0.487. The molecule has 0 bridgehead atoms. The van der Waals surface area contributed by atoms with Gasteiger partial charge in [0.05, 0.1) is 22.7 Å². The molecular formula is C13H17NO6. The summed E-state index contributed by atoms with van der Waals surface area (Å²) in [7, 11) is 0. The number of nitro groups is 1. The molecule has 0 heterocycles. The molecular weight excluding hydrogens is 266 g/mol. The Labute approximate surface area is 116 Å². The molecule has 0 atom stereocenters. The molecule has 1 aromatic carbocycles. The van der Waals surface area contributed by atoms with Crippen LogP contribution in [0.25, 0.3) is 0 Å². The van der Waals surface area contributed by atoms with E-state index in [-0.39, 0.29) is 35.0 Å². The summed E-state index contributed by atoms with van der Waals surface area (Å²) >= 11 is 0. The number of ether oxygens (including phenoxy) is 2. The first-order valence-electron chi connectivity index (χ1n) is 6.11. The Morgan fingerprint density at radius 2 is 1.55 bits per heavy atom. The summed E-state index contributed by atoms with van der Waals surface area (Å²) in [6, 6.07) is 2.27. The number of hydrogen-bond acceptors (Lipinski definition) is 5. The van der Waals surface area contributed by atoms with E-state index in [4.69, 9.17) is 14.6 Å². The van der Waals surface area contributed by atoms with Crippen LogP contribution in [0.3, 0.4) is 0 Å². The summed E-state index contributed by atoms with van der Waals surface area (Å²) in [6.45, 7) is 6.78. The van der Waals surface area contributed by atoms with Gasteiger partial charge in [-0.25, -0.2) is 4.79 Å². The Morgan fingerprint density at radius 1 is 1.15 bits per heavy atom. The monoisotopic (exact) mass is 283 g/mol. The van der Waals surface area contributed by atoms with E-state index in [0.29, 0.717) is 0 Å². The van der Waals surface area contributed by atoms with Crippen LogP contribution < -0.4 is 9.47 Å². The maximum Gasteiger partial charge on any atom is 0.352 e. The zero-order valence-electron chi connectivity index (χ0n) is 11.7. The topological polar surface area (TPSA) is 98.9 Å². The molecule has 0 aliphatic heterocycles. The minimum atomic E-state index is -1.21. The van der Waals surface area contributed by atoms with Crippen molar-refractivity contribution in [2.24, 2.45) is 0 Å². The molecule has 0 spiro atoms. The molecule has 0 saturated carbocycles.